The topological polar surface area (TPSA) is 138 Å². The van der Waals surface area contributed by atoms with Crippen LogP contribution >= 0.6 is 0 Å². The molecule has 0 radical (unpaired) electrons. The molecule has 2 unspecified atom stereocenters. The number of ketones is 1. The maximum atomic E-state index is 11.8. The third-order valence-electron chi connectivity index (χ3n) is 3.10. The van der Waals surface area contributed by atoms with Crippen molar-refractivity contribution >= 4 is 17.6 Å². The summed E-state index contributed by atoms with van der Waals surface area (Å²) in [6.07, 6.45) is 4.03. The first-order valence-electron chi connectivity index (χ1n) is 6.55. The molecule has 2 rings (SSSR count). The van der Waals surface area contributed by atoms with Crippen LogP contribution in [0, 0.1) is 5.92 Å². The van der Waals surface area contributed by atoms with Crippen LogP contribution in [0.1, 0.15) is 6.42 Å². The zero-order valence-electron chi connectivity index (χ0n) is 11.6. The number of allylic oxidation sites excluding steroid dienone is 2. The standard InChI is InChI=1S/C14H16N4O4/c15-9(14(21)22)5-8-6-10(12(20)7-11(8)19)17-18-13-3-1-2-4-16-13/h1-4,6-9,17,20H,5,15H2,(H,16,18)(H,21,22). The van der Waals surface area contributed by atoms with Gasteiger partial charge in [0.05, 0.1) is 5.70 Å². The predicted octanol–water partition coefficient (Wildman–Crippen LogP) is 0.325. The number of carboxylic acids is 1. The molecule has 22 heavy (non-hydrogen) atoms. The monoisotopic (exact) mass is 304 g/mol. The lowest BCUT2D eigenvalue weighted by atomic mass is 9.91. The molecule has 0 aromatic carbocycles. The van der Waals surface area contributed by atoms with Crippen molar-refractivity contribution in [2.75, 3.05) is 5.43 Å². The van der Waals surface area contributed by atoms with Crippen LogP contribution in [-0.2, 0) is 9.59 Å². The molecule has 0 aliphatic heterocycles. The van der Waals surface area contributed by atoms with Gasteiger partial charge >= 0.3 is 5.97 Å². The number of hydrazine groups is 1. The molecule has 0 amide bonds. The highest BCUT2D eigenvalue weighted by atomic mass is 16.4. The molecule has 1 aliphatic rings. The van der Waals surface area contributed by atoms with E-state index in [9.17, 15) is 14.7 Å². The molecule has 116 valence electrons. The van der Waals surface area contributed by atoms with Gasteiger partial charge in [0.2, 0.25) is 0 Å². The normalized spacial score (nSPS) is 19.0. The smallest absolute Gasteiger partial charge is 0.320 e. The summed E-state index contributed by atoms with van der Waals surface area (Å²) < 4.78 is 0. The Labute approximate surface area is 126 Å². The Kier molecular flexibility index (Phi) is 4.74. The van der Waals surface area contributed by atoms with E-state index in [1.165, 1.54) is 6.08 Å². The van der Waals surface area contributed by atoms with E-state index in [4.69, 9.17) is 10.8 Å². The molecule has 1 aromatic heterocycles. The van der Waals surface area contributed by atoms with E-state index in [1.807, 2.05) is 0 Å². The summed E-state index contributed by atoms with van der Waals surface area (Å²) >= 11 is 0. The summed E-state index contributed by atoms with van der Waals surface area (Å²) in [4.78, 5) is 26.6. The number of nitrogens with zero attached hydrogens (tertiary/aromatic N) is 1. The second-order valence-electron chi connectivity index (χ2n) is 4.76. The fourth-order valence-corrected chi connectivity index (χ4v) is 1.92. The number of aliphatic carboxylic acids is 1. The number of aliphatic hydroxyl groups excluding tert-OH is 1. The minimum absolute atomic E-state index is 0.0489. The Balaban J connectivity index is 2.06. The van der Waals surface area contributed by atoms with Crippen molar-refractivity contribution in [1.29, 1.82) is 0 Å². The number of nitrogens with two attached hydrogens (primary N) is 1. The van der Waals surface area contributed by atoms with E-state index in [-0.39, 0.29) is 17.9 Å². The Morgan fingerprint density at radius 3 is 2.82 bits per heavy atom. The molecule has 1 aliphatic carbocycles. The summed E-state index contributed by atoms with van der Waals surface area (Å²) in [5, 5.41) is 18.6. The lowest BCUT2D eigenvalue weighted by molar-refractivity contribution is -0.138. The number of pyridine rings is 1. The van der Waals surface area contributed by atoms with Gasteiger partial charge in [0.15, 0.2) is 5.78 Å². The highest BCUT2D eigenvalue weighted by Gasteiger charge is 2.26. The van der Waals surface area contributed by atoms with E-state index in [1.54, 1.807) is 24.4 Å². The van der Waals surface area contributed by atoms with Gasteiger partial charge in [0.25, 0.3) is 0 Å². The van der Waals surface area contributed by atoms with E-state index in [2.05, 4.69) is 15.8 Å². The summed E-state index contributed by atoms with van der Waals surface area (Å²) in [6, 6.07) is 4.09. The number of carbonyl (C=O) groups excluding carboxylic acids is 1. The van der Waals surface area contributed by atoms with Crippen LogP contribution in [0.25, 0.3) is 0 Å². The number of anilines is 1. The van der Waals surface area contributed by atoms with Crippen molar-refractivity contribution in [3.05, 3.63) is 48.0 Å². The molecule has 8 heteroatoms. The van der Waals surface area contributed by atoms with E-state index >= 15 is 0 Å². The van der Waals surface area contributed by atoms with Gasteiger partial charge in [0, 0.05) is 18.2 Å². The average Bonchev–Trinajstić information content (AvgIpc) is 2.49. The van der Waals surface area contributed by atoms with Gasteiger partial charge in [-0.1, -0.05) is 6.07 Å². The molecule has 0 bridgehead atoms. The molecule has 0 spiro atoms. The molecule has 1 aromatic rings. The van der Waals surface area contributed by atoms with Crippen molar-refractivity contribution in [3.8, 4) is 0 Å². The number of nitrogens with one attached hydrogen (secondary N) is 2. The maximum Gasteiger partial charge on any atom is 0.320 e. The fraction of sp³-hybridized carbons (Fsp3) is 0.214. The molecule has 0 saturated heterocycles. The number of hydrogen-bond donors (Lipinski definition) is 5. The molecule has 1 heterocycles. The van der Waals surface area contributed by atoms with Crippen molar-refractivity contribution in [1.82, 2.24) is 10.4 Å². The van der Waals surface area contributed by atoms with Crippen molar-refractivity contribution in [2.24, 2.45) is 11.7 Å². The fourth-order valence-electron chi connectivity index (χ4n) is 1.92. The van der Waals surface area contributed by atoms with Crippen LogP contribution in [0.15, 0.2) is 48.0 Å². The zero-order valence-corrected chi connectivity index (χ0v) is 11.6. The number of hydrogen-bond acceptors (Lipinski definition) is 7. The summed E-state index contributed by atoms with van der Waals surface area (Å²) in [5.41, 5.74) is 11.2. The first kappa shape index (κ1) is 15.5. The minimum atomic E-state index is -1.18. The second kappa shape index (κ2) is 6.72. The van der Waals surface area contributed by atoms with Crippen molar-refractivity contribution < 1.29 is 19.8 Å². The van der Waals surface area contributed by atoms with Gasteiger partial charge in [0.1, 0.15) is 17.6 Å². The zero-order chi connectivity index (χ0) is 16.1. The molecular weight excluding hydrogens is 288 g/mol. The van der Waals surface area contributed by atoms with E-state index < -0.39 is 23.7 Å². The lowest BCUT2D eigenvalue weighted by Crippen LogP contribution is -2.35. The number of aromatic nitrogens is 1. The van der Waals surface area contributed by atoms with Gasteiger partial charge in [-0.2, -0.15) is 0 Å². The second-order valence-corrected chi connectivity index (χ2v) is 4.76. The Morgan fingerprint density at radius 2 is 2.18 bits per heavy atom. The Morgan fingerprint density at radius 1 is 1.41 bits per heavy atom. The predicted molar refractivity (Wildman–Crippen MR) is 78.5 cm³/mol. The number of carbonyl (C=O) groups is 2. The van der Waals surface area contributed by atoms with Crippen LogP contribution in [0.4, 0.5) is 5.82 Å². The average molecular weight is 304 g/mol. The number of aliphatic hydroxyl groups is 1. The van der Waals surface area contributed by atoms with Crippen LogP contribution < -0.4 is 16.6 Å². The highest BCUT2D eigenvalue weighted by Crippen LogP contribution is 2.21. The molecule has 0 fully saturated rings. The van der Waals surface area contributed by atoms with Gasteiger partial charge in [-0.15, -0.1) is 0 Å². The lowest BCUT2D eigenvalue weighted by Gasteiger charge is -2.20. The van der Waals surface area contributed by atoms with Gasteiger partial charge in [-0.25, -0.2) is 4.98 Å². The van der Waals surface area contributed by atoms with Crippen molar-refractivity contribution in [2.45, 2.75) is 12.5 Å². The van der Waals surface area contributed by atoms with E-state index in [0.29, 0.717) is 5.82 Å². The Bertz CT molecular complexity index is 627. The third-order valence-corrected chi connectivity index (χ3v) is 3.10. The highest BCUT2D eigenvalue weighted by molar-refractivity contribution is 5.95. The van der Waals surface area contributed by atoms with Crippen LogP contribution in [0.2, 0.25) is 0 Å². The van der Waals surface area contributed by atoms with Crippen LogP contribution in [0.5, 0.6) is 0 Å². The molecule has 0 saturated carbocycles. The number of rotatable bonds is 6. The Hall–Kier alpha value is -2.87. The minimum Gasteiger partial charge on any atom is -0.506 e. The maximum absolute atomic E-state index is 11.8. The molecule has 2 atom stereocenters. The molecular formula is C14H16N4O4. The van der Waals surface area contributed by atoms with Crippen LogP contribution in [-0.4, -0.2) is 33.0 Å². The number of carboxylic acid groups (broad SMARTS) is 1. The molecule has 6 N–H and O–H groups in total. The van der Waals surface area contributed by atoms with Crippen LogP contribution in [0.3, 0.4) is 0 Å². The largest absolute Gasteiger partial charge is 0.506 e. The first-order valence-corrected chi connectivity index (χ1v) is 6.55. The summed E-state index contributed by atoms with van der Waals surface area (Å²) in [7, 11) is 0. The quantitative estimate of drug-likeness (QED) is 0.474. The van der Waals surface area contributed by atoms with Gasteiger partial charge in [-0.05, 0) is 24.6 Å². The summed E-state index contributed by atoms with van der Waals surface area (Å²) in [5.74, 6) is -2.01. The van der Waals surface area contributed by atoms with Gasteiger partial charge < -0.3 is 15.9 Å². The molecule has 8 nitrogen and oxygen atoms in total. The van der Waals surface area contributed by atoms with E-state index in [0.717, 1.165) is 6.08 Å². The van der Waals surface area contributed by atoms with Crippen molar-refractivity contribution in [3.63, 3.8) is 0 Å². The first-order chi connectivity index (χ1) is 10.5. The summed E-state index contributed by atoms with van der Waals surface area (Å²) in [6.45, 7) is 0. The SMILES string of the molecule is NC(CC1C=C(NNc2ccccn2)C(O)=CC1=O)C(=O)O. The third kappa shape index (κ3) is 3.83. The van der Waals surface area contributed by atoms with Gasteiger partial charge in [-0.3, -0.25) is 20.4 Å².